The van der Waals surface area contributed by atoms with Crippen molar-refractivity contribution in [3.05, 3.63) is 23.8 Å². The van der Waals surface area contributed by atoms with Crippen LogP contribution in [0.5, 0.6) is 0 Å². The van der Waals surface area contributed by atoms with Crippen molar-refractivity contribution in [3.8, 4) is 0 Å². The first-order chi connectivity index (χ1) is 7.32. The zero-order valence-electron chi connectivity index (χ0n) is 8.74. The molecule has 4 heteroatoms. The summed E-state index contributed by atoms with van der Waals surface area (Å²) < 4.78 is 0. The third-order valence-electron chi connectivity index (χ3n) is 3.88. The minimum atomic E-state index is 0.0864. The Morgan fingerprint density at radius 2 is 2.00 bits per heavy atom. The van der Waals surface area contributed by atoms with Crippen LogP contribution in [0.3, 0.4) is 0 Å². The highest BCUT2D eigenvalue weighted by Crippen LogP contribution is 2.48. The average molecular weight is 204 g/mol. The van der Waals surface area contributed by atoms with Crippen LogP contribution in [0.2, 0.25) is 0 Å². The second-order valence-corrected chi connectivity index (χ2v) is 4.66. The molecule has 1 aliphatic heterocycles. The number of piperidine rings is 1. The number of rotatable bonds is 0. The van der Waals surface area contributed by atoms with E-state index < -0.39 is 0 Å². The summed E-state index contributed by atoms with van der Waals surface area (Å²) in [4.78, 5) is 8.78. The van der Waals surface area contributed by atoms with E-state index in [0.29, 0.717) is 0 Å². The molecule has 1 aliphatic carbocycles. The van der Waals surface area contributed by atoms with Crippen LogP contribution in [-0.4, -0.2) is 23.1 Å². The molecule has 1 aromatic rings. The SMILES string of the molecule is N[C@@H]1c2nccnc2CC12CCNCC2. The van der Waals surface area contributed by atoms with Gasteiger partial charge in [-0.3, -0.25) is 9.97 Å². The molecule has 0 unspecified atom stereocenters. The highest BCUT2D eigenvalue weighted by atomic mass is 14.9. The first-order valence-corrected chi connectivity index (χ1v) is 5.58. The maximum atomic E-state index is 6.33. The van der Waals surface area contributed by atoms with Crippen LogP contribution in [0.1, 0.15) is 30.3 Å². The van der Waals surface area contributed by atoms with E-state index in [0.717, 1.165) is 43.7 Å². The number of nitrogens with one attached hydrogen (secondary N) is 1. The van der Waals surface area contributed by atoms with Crippen molar-refractivity contribution in [2.45, 2.75) is 25.3 Å². The number of nitrogens with zero attached hydrogens (tertiary/aromatic N) is 2. The van der Waals surface area contributed by atoms with Crippen LogP contribution < -0.4 is 11.1 Å². The van der Waals surface area contributed by atoms with Gasteiger partial charge in [0.25, 0.3) is 0 Å². The number of aromatic nitrogens is 2. The summed E-state index contributed by atoms with van der Waals surface area (Å²) in [5.74, 6) is 0. The summed E-state index contributed by atoms with van der Waals surface area (Å²) in [7, 11) is 0. The van der Waals surface area contributed by atoms with Gasteiger partial charge in [-0.15, -0.1) is 0 Å². The fraction of sp³-hybridized carbons (Fsp3) is 0.636. The second kappa shape index (κ2) is 3.25. The van der Waals surface area contributed by atoms with Crippen molar-refractivity contribution in [1.82, 2.24) is 15.3 Å². The van der Waals surface area contributed by atoms with Crippen molar-refractivity contribution >= 4 is 0 Å². The van der Waals surface area contributed by atoms with E-state index in [2.05, 4.69) is 15.3 Å². The summed E-state index contributed by atoms with van der Waals surface area (Å²) in [6, 6.07) is 0.0864. The molecule has 0 amide bonds. The molecule has 3 rings (SSSR count). The molecule has 1 saturated heterocycles. The summed E-state index contributed by atoms with van der Waals surface area (Å²) in [5, 5.41) is 3.39. The minimum absolute atomic E-state index is 0.0864. The van der Waals surface area contributed by atoms with Gasteiger partial charge in [-0.1, -0.05) is 0 Å². The average Bonchev–Trinajstić information content (AvgIpc) is 2.54. The molecule has 0 radical (unpaired) electrons. The lowest BCUT2D eigenvalue weighted by atomic mass is 9.74. The molecule has 1 aromatic heterocycles. The van der Waals surface area contributed by atoms with E-state index in [1.165, 1.54) is 0 Å². The molecule has 0 aromatic carbocycles. The Hall–Kier alpha value is -1.00. The molecule has 3 N–H and O–H groups in total. The van der Waals surface area contributed by atoms with Gasteiger partial charge in [-0.2, -0.15) is 0 Å². The third-order valence-corrected chi connectivity index (χ3v) is 3.88. The van der Waals surface area contributed by atoms with Gasteiger partial charge < -0.3 is 11.1 Å². The molecule has 4 nitrogen and oxygen atoms in total. The maximum Gasteiger partial charge on any atom is 0.0791 e. The number of fused-ring (bicyclic) bond motifs is 1. The Balaban J connectivity index is 1.98. The van der Waals surface area contributed by atoms with Crippen molar-refractivity contribution in [3.63, 3.8) is 0 Å². The van der Waals surface area contributed by atoms with Crippen LogP contribution in [0.15, 0.2) is 12.4 Å². The first-order valence-electron chi connectivity index (χ1n) is 5.58. The molecule has 0 saturated carbocycles. The molecule has 15 heavy (non-hydrogen) atoms. The lowest BCUT2D eigenvalue weighted by Crippen LogP contribution is -2.42. The van der Waals surface area contributed by atoms with Crippen LogP contribution in [0, 0.1) is 5.41 Å². The van der Waals surface area contributed by atoms with Gasteiger partial charge in [0, 0.05) is 12.4 Å². The van der Waals surface area contributed by atoms with Crippen molar-refractivity contribution < 1.29 is 0 Å². The smallest absolute Gasteiger partial charge is 0.0791 e. The third kappa shape index (κ3) is 1.28. The summed E-state index contributed by atoms with van der Waals surface area (Å²) in [6.45, 7) is 2.14. The van der Waals surface area contributed by atoms with E-state index in [1.807, 2.05) is 0 Å². The van der Waals surface area contributed by atoms with Gasteiger partial charge in [0.05, 0.1) is 17.4 Å². The lowest BCUT2D eigenvalue weighted by Gasteiger charge is -2.37. The Labute approximate surface area is 89.3 Å². The molecule has 80 valence electrons. The molecular formula is C11H16N4. The van der Waals surface area contributed by atoms with Gasteiger partial charge in [-0.05, 0) is 37.8 Å². The molecule has 0 bridgehead atoms. The Kier molecular flexibility index (Phi) is 2.00. The number of nitrogens with two attached hydrogens (primary N) is 1. The highest BCUT2D eigenvalue weighted by molar-refractivity contribution is 5.27. The largest absolute Gasteiger partial charge is 0.322 e. The molecular weight excluding hydrogens is 188 g/mol. The van der Waals surface area contributed by atoms with Gasteiger partial charge in [0.15, 0.2) is 0 Å². The molecule has 1 fully saturated rings. The lowest BCUT2D eigenvalue weighted by molar-refractivity contribution is 0.172. The zero-order valence-corrected chi connectivity index (χ0v) is 8.74. The molecule has 2 aliphatic rings. The van der Waals surface area contributed by atoms with E-state index in [-0.39, 0.29) is 11.5 Å². The first kappa shape index (κ1) is 9.24. The minimum Gasteiger partial charge on any atom is -0.322 e. The van der Waals surface area contributed by atoms with Gasteiger partial charge in [0.2, 0.25) is 0 Å². The second-order valence-electron chi connectivity index (χ2n) is 4.66. The van der Waals surface area contributed by atoms with E-state index >= 15 is 0 Å². The van der Waals surface area contributed by atoms with Gasteiger partial charge >= 0.3 is 0 Å². The van der Waals surface area contributed by atoms with Crippen molar-refractivity contribution in [2.24, 2.45) is 11.1 Å². The van der Waals surface area contributed by atoms with Crippen molar-refractivity contribution in [1.29, 1.82) is 0 Å². The van der Waals surface area contributed by atoms with E-state index in [4.69, 9.17) is 5.73 Å². The Bertz CT molecular complexity index is 371. The summed E-state index contributed by atoms with van der Waals surface area (Å²) >= 11 is 0. The van der Waals surface area contributed by atoms with Crippen LogP contribution in [-0.2, 0) is 6.42 Å². The fourth-order valence-corrected chi connectivity index (χ4v) is 2.92. The molecule has 1 atom stereocenters. The van der Waals surface area contributed by atoms with Crippen LogP contribution >= 0.6 is 0 Å². The van der Waals surface area contributed by atoms with E-state index in [9.17, 15) is 0 Å². The van der Waals surface area contributed by atoms with E-state index in [1.54, 1.807) is 12.4 Å². The number of hydrogen-bond donors (Lipinski definition) is 2. The molecule has 2 heterocycles. The summed E-state index contributed by atoms with van der Waals surface area (Å²) in [6.07, 6.45) is 6.82. The zero-order chi connectivity index (χ0) is 10.3. The normalized spacial score (nSPS) is 27.9. The highest BCUT2D eigenvalue weighted by Gasteiger charge is 2.46. The van der Waals surface area contributed by atoms with Crippen LogP contribution in [0.4, 0.5) is 0 Å². The predicted molar refractivity (Wildman–Crippen MR) is 57.2 cm³/mol. The van der Waals surface area contributed by atoms with Crippen LogP contribution in [0.25, 0.3) is 0 Å². The fourth-order valence-electron chi connectivity index (χ4n) is 2.92. The predicted octanol–water partition coefficient (Wildman–Crippen LogP) is 0.402. The molecule has 1 spiro atoms. The topological polar surface area (TPSA) is 63.8 Å². The summed E-state index contributed by atoms with van der Waals surface area (Å²) in [5.41, 5.74) is 8.70. The monoisotopic (exact) mass is 204 g/mol. The quantitative estimate of drug-likeness (QED) is 0.642. The standard InChI is InChI=1S/C11H16N4/c12-10-9-8(14-5-6-15-9)7-11(10)1-3-13-4-2-11/h5-6,10,13H,1-4,7,12H2/t10-/m1/s1. The number of hydrogen-bond acceptors (Lipinski definition) is 4. The maximum absolute atomic E-state index is 6.33. The Morgan fingerprint density at radius 3 is 2.73 bits per heavy atom. The van der Waals surface area contributed by atoms with Gasteiger partial charge in [0.1, 0.15) is 0 Å². The van der Waals surface area contributed by atoms with Crippen molar-refractivity contribution in [2.75, 3.05) is 13.1 Å². The van der Waals surface area contributed by atoms with Gasteiger partial charge in [-0.25, -0.2) is 0 Å². The Morgan fingerprint density at radius 1 is 1.27 bits per heavy atom.